The van der Waals surface area contributed by atoms with Gasteiger partial charge in [0, 0.05) is 6.54 Å². The number of hydrogen-bond donors (Lipinski definition) is 7. The van der Waals surface area contributed by atoms with Gasteiger partial charge in [0.05, 0.1) is 6.54 Å². The third-order valence-corrected chi connectivity index (χ3v) is 2.37. The lowest BCUT2D eigenvalue weighted by Gasteiger charge is -2.19. The van der Waals surface area contributed by atoms with E-state index in [2.05, 4.69) is 10.6 Å². The van der Waals surface area contributed by atoms with Crippen LogP contribution in [0.25, 0.3) is 0 Å². The fourth-order valence-corrected chi connectivity index (χ4v) is 1.29. The van der Waals surface area contributed by atoms with Gasteiger partial charge in [0.25, 0.3) is 0 Å². The summed E-state index contributed by atoms with van der Waals surface area (Å²) < 4.78 is 0. The number of carboxylic acid groups (broad SMARTS) is 3. The van der Waals surface area contributed by atoms with Gasteiger partial charge in [0.1, 0.15) is 12.1 Å². The average Bonchev–Trinajstić information content (AvgIpc) is 2.35. The van der Waals surface area contributed by atoms with E-state index in [1.165, 1.54) is 0 Å². The lowest BCUT2D eigenvalue weighted by Crippen LogP contribution is -2.47. The highest BCUT2D eigenvalue weighted by Crippen LogP contribution is 1.96. The highest BCUT2D eigenvalue weighted by Gasteiger charge is 2.25. The van der Waals surface area contributed by atoms with E-state index in [0.29, 0.717) is 0 Å². The summed E-state index contributed by atoms with van der Waals surface area (Å²) in [5.74, 6) is -3.93. The third-order valence-electron chi connectivity index (χ3n) is 2.37. The zero-order valence-electron chi connectivity index (χ0n) is 10.5. The van der Waals surface area contributed by atoms with Gasteiger partial charge in [0.15, 0.2) is 6.10 Å². The first-order chi connectivity index (χ1) is 9.25. The van der Waals surface area contributed by atoms with Crippen molar-refractivity contribution >= 4 is 17.9 Å². The van der Waals surface area contributed by atoms with Crippen molar-refractivity contribution in [1.82, 2.24) is 10.6 Å². The smallest absolute Gasteiger partial charge is 0.335 e. The van der Waals surface area contributed by atoms with E-state index < -0.39 is 42.7 Å². The Morgan fingerprint density at radius 3 is 2.05 bits per heavy atom. The molecule has 0 saturated carbocycles. The Morgan fingerprint density at radius 1 is 1.00 bits per heavy atom. The Labute approximate surface area is 114 Å². The van der Waals surface area contributed by atoms with E-state index >= 15 is 0 Å². The molecule has 0 fully saturated rings. The minimum absolute atomic E-state index is 0.0263. The molecule has 0 heterocycles. The average molecular weight is 294 g/mol. The monoisotopic (exact) mass is 294 g/mol. The SMILES string of the molecule is O=C(O)CNCCC(NCC(O)C(O)C(=O)O)C(=O)O. The summed E-state index contributed by atoms with van der Waals surface area (Å²) in [6.07, 6.45) is -3.64. The summed E-state index contributed by atoms with van der Waals surface area (Å²) in [6, 6.07) is -1.10. The van der Waals surface area contributed by atoms with Crippen LogP contribution in [0.4, 0.5) is 0 Å². The molecule has 0 aliphatic carbocycles. The van der Waals surface area contributed by atoms with Crippen molar-refractivity contribution in [2.75, 3.05) is 19.6 Å². The summed E-state index contributed by atoms with van der Waals surface area (Å²) in [7, 11) is 0. The molecule has 0 rings (SSSR count). The maximum absolute atomic E-state index is 10.9. The molecule has 10 heteroatoms. The molecule has 3 atom stereocenters. The third kappa shape index (κ3) is 7.63. The van der Waals surface area contributed by atoms with Gasteiger partial charge in [-0.05, 0) is 13.0 Å². The van der Waals surface area contributed by atoms with Crippen molar-refractivity contribution in [2.45, 2.75) is 24.7 Å². The number of aliphatic carboxylic acids is 3. The summed E-state index contributed by atoms with van der Waals surface area (Å²) in [6.45, 7) is -0.635. The molecule has 0 spiro atoms. The van der Waals surface area contributed by atoms with Crippen LogP contribution in [0.5, 0.6) is 0 Å². The molecule has 0 aromatic rings. The van der Waals surface area contributed by atoms with Gasteiger partial charge < -0.3 is 36.2 Å². The fourth-order valence-electron chi connectivity index (χ4n) is 1.29. The van der Waals surface area contributed by atoms with Crippen LogP contribution in [0, 0.1) is 0 Å². The highest BCUT2D eigenvalue weighted by atomic mass is 16.4. The molecule has 0 amide bonds. The Kier molecular flexibility index (Phi) is 8.40. The number of rotatable bonds is 11. The Hall–Kier alpha value is -1.75. The lowest BCUT2D eigenvalue weighted by atomic mass is 10.1. The van der Waals surface area contributed by atoms with Gasteiger partial charge in [0.2, 0.25) is 0 Å². The zero-order chi connectivity index (χ0) is 15.7. The minimum atomic E-state index is -2.01. The van der Waals surface area contributed by atoms with Gasteiger partial charge in [-0.1, -0.05) is 0 Å². The summed E-state index contributed by atoms with van der Waals surface area (Å²) in [5.41, 5.74) is 0. The van der Waals surface area contributed by atoms with E-state index in [1.807, 2.05) is 0 Å². The molecular formula is C10H18N2O8. The highest BCUT2D eigenvalue weighted by molar-refractivity contribution is 5.74. The molecular weight excluding hydrogens is 276 g/mol. The van der Waals surface area contributed by atoms with Crippen LogP contribution in [0.3, 0.4) is 0 Å². The summed E-state index contributed by atoms with van der Waals surface area (Å²) in [4.78, 5) is 31.5. The molecule has 3 unspecified atom stereocenters. The number of aliphatic hydroxyl groups excluding tert-OH is 2. The van der Waals surface area contributed by atoms with Crippen LogP contribution < -0.4 is 10.6 Å². The van der Waals surface area contributed by atoms with Gasteiger partial charge in [-0.25, -0.2) is 4.79 Å². The van der Waals surface area contributed by atoms with E-state index in [-0.39, 0.29) is 19.5 Å². The molecule has 10 nitrogen and oxygen atoms in total. The van der Waals surface area contributed by atoms with Crippen molar-refractivity contribution in [1.29, 1.82) is 0 Å². The molecule has 0 bridgehead atoms. The molecule has 0 radical (unpaired) electrons. The molecule has 0 saturated heterocycles. The molecule has 0 aliphatic rings. The predicted molar refractivity (Wildman–Crippen MR) is 64.2 cm³/mol. The van der Waals surface area contributed by atoms with E-state index in [9.17, 15) is 19.5 Å². The second kappa shape index (κ2) is 9.20. The van der Waals surface area contributed by atoms with Gasteiger partial charge in [-0.15, -0.1) is 0 Å². The fraction of sp³-hybridized carbons (Fsp3) is 0.700. The van der Waals surface area contributed by atoms with Crippen molar-refractivity contribution in [3.05, 3.63) is 0 Å². The normalized spacial score (nSPS) is 15.3. The minimum Gasteiger partial charge on any atom is -0.480 e. The molecule has 116 valence electrons. The van der Waals surface area contributed by atoms with Gasteiger partial charge in [-0.2, -0.15) is 0 Å². The first-order valence-corrected chi connectivity index (χ1v) is 5.73. The van der Waals surface area contributed by atoms with Crippen molar-refractivity contribution in [3.63, 3.8) is 0 Å². The van der Waals surface area contributed by atoms with Crippen molar-refractivity contribution in [2.24, 2.45) is 0 Å². The Balaban J connectivity index is 4.12. The molecule has 0 aromatic carbocycles. The number of hydrogen-bond acceptors (Lipinski definition) is 7. The number of aliphatic hydroxyl groups is 2. The standard InChI is InChI=1S/C10H18N2O8/c13-6(8(16)10(19)20)3-12-5(9(17)18)1-2-11-4-7(14)15/h5-6,8,11-13,16H,1-4H2,(H,14,15)(H,17,18)(H,19,20). The van der Waals surface area contributed by atoms with Crippen molar-refractivity contribution in [3.8, 4) is 0 Å². The predicted octanol–water partition coefficient (Wildman–Crippen LogP) is -3.10. The van der Waals surface area contributed by atoms with Crippen LogP contribution in [0.15, 0.2) is 0 Å². The van der Waals surface area contributed by atoms with Gasteiger partial charge >= 0.3 is 17.9 Å². The maximum atomic E-state index is 10.9. The Morgan fingerprint density at radius 2 is 1.60 bits per heavy atom. The van der Waals surface area contributed by atoms with Crippen LogP contribution in [0.2, 0.25) is 0 Å². The number of carbonyl (C=O) groups is 3. The van der Waals surface area contributed by atoms with E-state index in [1.54, 1.807) is 0 Å². The topological polar surface area (TPSA) is 176 Å². The maximum Gasteiger partial charge on any atom is 0.335 e. The second-order valence-electron chi connectivity index (χ2n) is 4.01. The Bertz CT molecular complexity index is 348. The van der Waals surface area contributed by atoms with Crippen LogP contribution >= 0.6 is 0 Å². The number of nitrogens with one attached hydrogen (secondary N) is 2. The second-order valence-corrected chi connectivity index (χ2v) is 4.01. The first kappa shape index (κ1) is 18.2. The zero-order valence-corrected chi connectivity index (χ0v) is 10.5. The quantitative estimate of drug-likeness (QED) is 0.193. The largest absolute Gasteiger partial charge is 0.480 e. The van der Waals surface area contributed by atoms with E-state index in [0.717, 1.165) is 0 Å². The summed E-state index contributed by atoms with van der Waals surface area (Å²) in [5, 5.41) is 48.8. The van der Waals surface area contributed by atoms with E-state index in [4.69, 9.17) is 20.4 Å². The molecule has 0 aromatic heterocycles. The molecule has 20 heavy (non-hydrogen) atoms. The van der Waals surface area contributed by atoms with Crippen molar-refractivity contribution < 1.29 is 39.9 Å². The first-order valence-electron chi connectivity index (χ1n) is 5.73. The van der Waals surface area contributed by atoms with Crippen LogP contribution in [-0.2, 0) is 14.4 Å². The van der Waals surface area contributed by atoms with Crippen LogP contribution in [0.1, 0.15) is 6.42 Å². The lowest BCUT2D eigenvalue weighted by molar-refractivity contribution is -0.152. The molecule has 0 aliphatic heterocycles. The van der Waals surface area contributed by atoms with Gasteiger partial charge in [-0.3, -0.25) is 9.59 Å². The van der Waals surface area contributed by atoms with Crippen LogP contribution in [-0.4, -0.2) is 81.3 Å². The molecule has 7 N–H and O–H groups in total. The number of carboxylic acids is 3. The summed E-state index contributed by atoms with van der Waals surface area (Å²) >= 11 is 0.